The quantitative estimate of drug-likeness (QED) is 0.627. The smallest absolute Gasteiger partial charge is 0.259 e. The Balaban J connectivity index is 2.11. The highest BCUT2D eigenvalue weighted by Gasteiger charge is 2.25. The minimum atomic E-state index is -0.0813. The Morgan fingerprint density at radius 3 is 3.11 bits per heavy atom. The molecule has 0 N–H and O–H groups in total. The molecule has 0 bridgehead atoms. The molecule has 0 spiro atoms. The number of hydrogen-bond donors (Lipinski definition) is 0. The molecule has 0 saturated carbocycles. The summed E-state index contributed by atoms with van der Waals surface area (Å²) in [6, 6.07) is 7.51. The Labute approximate surface area is 115 Å². The van der Waals surface area contributed by atoms with E-state index in [1.165, 1.54) is 16.8 Å². The van der Waals surface area contributed by atoms with E-state index < -0.39 is 0 Å². The molecule has 0 unspecified atom stereocenters. The Morgan fingerprint density at radius 1 is 1.61 bits per heavy atom. The zero-order chi connectivity index (χ0) is 13.0. The lowest BCUT2D eigenvalue weighted by Crippen LogP contribution is -2.22. The van der Waals surface area contributed by atoms with Crippen LogP contribution < -0.4 is 4.74 Å². The summed E-state index contributed by atoms with van der Waals surface area (Å²) in [7, 11) is 0. The van der Waals surface area contributed by atoms with Crippen LogP contribution in [0.5, 0.6) is 5.75 Å². The van der Waals surface area contributed by atoms with Crippen LogP contribution in [0.2, 0.25) is 0 Å². The fraction of sp³-hybridized carbons (Fsp3) is 0.250. The third-order valence-corrected chi connectivity index (χ3v) is 3.56. The summed E-state index contributed by atoms with van der Waals surface area (Å²) in [6.45, 7) is 2.55. The number of ether oxygens (including phenoxy) is 1. The molecule has 1 aliphatic rings. The summed E-state index contributed by atoms with van der Waals surface area (Å²) >= 11 is 6.36. The largest absolute Gasteiger partial charge is 0.494 e. The summed E-state index contributed by atoms with van der Waals surface area (Å²) < 4.78 is 5.89. The van der Waals surface area contributed by atoms with E-state index in [1.807, 2.05) is 31.2 Å². The standard InChI is InChI=1S/C12H12N2O2S2/c1-2-16-10-5-3-4-9(6-10)7-13-14-11(15)8-18-12(14)17/h3-7H,2,8H2,1H3/b13-7-. The lowest BCUT2D eigenvalue weighted by molar-refractivity contribution is -0.123. The van der Waals surface area contributed by atoms with Crippen molar-refractivity contribution in [2.24, 2.45) is 5.10 Å². The molecule has 2 rings (SSSR count). The monoisotopic (exact) mass is 280 g/mol. The molecular formula is C12H12N2O2S2. The topological polar surface area (TPSA) is 41.9 Å². The first-order valence-electron chi connectivity index (χ1n) is 5.47. The van der Waals surface area contributed by atoms with Crippen LogP contribution in [0, 0.1) is 0 Å². The van der Waals surface area contributed by atoms with Gasteiger partial charge in [-0.3, -0.25) is 4.79 Å². The van der Waals surface area contributed by atoms with Crippen molar-refractivity contribution in [3.63, 3.8) is 0 Å². The summed E-state index contributed by atoms with van der Waals surface area (Å²) in [5.74, 6) is 1.07. The van der Waals surface area contributed by atoms with Crippen molar-refractivity contribution in [3.8, 4) is 5.75 Å². The van der Waals surface area contributed by atoms with Gasteiger partial charge in [-0.25, -0.2) is 0 Å². The Bertz CT molecular complexity index is 487. The highest BCUT2D eigenvalue weighted by atomic mass is 32.2. The van der Waals surface area contributed by atoms with Crippen LogP contribution in [-0.2, 0) is 4.79 Å². The second-order valence-corrected chi connectivity index (χ2v) is 5.12. The number of amides is 1. The summed E-state index contributed by atoms with van der Waals surface area (Å²) in [4.78, 5) is 11.5. The van der Waals surface area contributed by atoms with Gasteiger partial charge >= 0.3 is 0 Å². The molecule has 1 fully saturated rings. The maximum Gasteiger partial charge on any atom is 0.259 e. The van der Waals surface area contributed by atoms with Crippen molar-refractivity contribution in [2.45, 2.75) is 6.92 Å². The van der Waals surface area contributed by atoms with Gasteiger partial charge in [0.15, 0.2) is 4.32 Å². The Kier molecular flexibility index (Phi) is 4.33. The summed E-state index contributed by atoms with van der Waals surface area (Å²) in [5, 5.41) is 5.36. The lowest BCUT2D eigenvalue weighted by atomic mass is 10.2. The fourth-order valence-electron chi connectivity index (χ4n) is 1.43. The molecule has 0 aliphatic carbocycles. The molecule has 1 amide bonds. The predicted molar refractivity (Wildman–Crippen MR) is 77.1 cm³/mol. The van der Waals surface area contributed by atoms with E-state index in [4.69, 9.17) is 17.0 Å². The van der Waals surface area contributed by atoms with Gasteiger partial charge in [0.25, 0.3) is 5.91 Å². The van der Waals surface area contributed by atoms with Crippen molar-refractivity contribution >= 4 is 40.4 Å². The second kappa shape index (κ2) is 5.97. The minimum absolute atomic E-state index is 0.0813. The minimum Gasteiger partial charge on any atom is -0.494 e. The first kappa shape index (κ1) is 13.0. The van der Waals surface area contributed by atoms with Crippen LogP contribution in [0.15, 0.2) is 29.4 Å². The summed E-state index contributed by atoms with van der Waals surface area (Å²) in [5.41, 5.74) is 0.869. The van der Waals surface area contributed by atoms with Crippen LogP contribution in [0.3, 0.4) is 0 Å². The molecule has 18 heavy (non-hydrogen) atoms. The molecule has 4 nitrogen and oxygen atoms in total. The first-order chi connectivity index (χ1) is 8.70. The van der Waals surface area contributed by atoms with Gasteiger partial charge in [-0.2, -0.15) is 10.1 Å². The zero-order valence-corrected chi connectivity index (χ0v) is 11.5. The van der Waals surface area contributed by atoms with Crippen molar-refractivity contribution in [2.75, 3.05) is 12.4 Å². The fourth-order valence-corrected chi connectivity index (χ4v) is 2.40. The normalized spacial score (nSPS) is 15.7. The number of nitrogens with zero attached hydrogens (tertiary/aromatic N) is 2. The van der Waals surface area contributed by atoms with Gasteiger partial charge in [0.05, 0.1) is 18.6 Å². The highest BCUT2D eigenvalue weighted by Crippen LogP contribution is 2.19. The van der Waals surface area contributed by atoms with Gasteiger partial charge in [0.1, 0.15) is 5.75 Å². The first-order valence-corrected chi connectivity index (χ1v) is 6.86. The van der Waals surface area contributed by atoms with Crippen LogP contribution in [0.1, 0.15) is 12.5 Å². The van der Waals surface area contributed by atoms with Crippen LogP contribution in [-0.4, -0.2) is 33.8 Å². The number of carbonyl (C=O) groups excluding carboxylic acids is 1. The lowest BCUT2D eigenvalue weighted by Gasteiger charge is -2.07. The number of thiocarbonyl (C=S) groups is 1. The third-order valence-electron chi connectivity index (χ3n) is 2.22. The van der Waals surface area contributed by atoms with Gasteiger partial charge in [-0.1, -0.05) is 36.1 Å². The zero-order valence-electron chi connectivity index (χ0n) is 9.83. The Morgan fingerprint density at radius 2 is 2.44 bits per heavy atom. The van der Waals surface area contributed by atoms with Crippen LogP contribution in [0.4, 0.5) is 0 Å². The molecule has 1 aliphatic heterocycles. The van der Waals surface area contributed by atoms with E-state index >= 15 is 0 Å². The van der Waals surface area contributed by atoms with E-state index in [1.54, 1.807) is 6.21 Å². The summed E-state index contributed by atoms with van der Waals surface area (Å²) in [6.07, 6.45) is 1.61. The second-order valence-electron chi connectivity index (χ2n) is 3.51. The number of benzene rings is 1. The number of carbonyl (C=O) groups is 1. The number of rotatable bonds is 4. The van der Waals surface area contributed by atoms with Gasteiger partial charge in [-0.05, 0) is 24.6 Å². The van der Waals surface area contributed by atoms with Gasteiger partial charge in [0.2, 0.25) is 0 Å². The molecule has 1 heterocycles. The molecule has 94 valence electrons. The molecule has 1 aromatic carbocycles. The molecule has 0 atom stereocenters. The molecule has 1 aromatic rings. The van der Waals surface area contributed by atoms with Crippen LogP contribution >= 0.6 is 24.0 Å². The van der Waals surface area contributed by atoms with Crippen molar-refractivity contribution in [1.29, 1.82) is 0 Å². The van der Waals surface area contributed by atoms with Gasteiger partial charge in [0, 0.05) is 0 Å². The van der Waals surface area contributed by atoms with E-state index in [-0.39, 0.29) is 5.91 Å². The van der Waals surface area contributed by atoms with Crippen molar-refractivity contribution < 1.29 is 9.53 Å². The maximum absolute atomic E-state index is 11.5. The third kappa shape index (κ3) is 3.08. The Hall–Kier alpha value is -1.40. The molecule has 0 radical (unpaired) electrons. The van der Waals surface area contributed by atoms with Crippen molar-refractivity contribution in [1.82, 2.24) is 5.01 Å². The number of hydrogen-bond acceptors (Lipinski definition) is 5. The van der Waals surface area contributed by atoms with E-state index in [2.05, 4.69) is 5.10 Å². The molecular weight excluding hydrogens is 268 g/mol. The van der Waals surface area contributed by atoms with E-state index in [0.29, 0.717) is 16.7 Å². The molecule has 6 heteroatoms. The van der Waals surface area contributed by atoms with Crippen molar-refractivity contribution in [3.05, 3.63) is 29.8 Å². The van der Waals surface area contributed by atoms with Crippen LogP contribution in [0.25, 0.3) is 0 Å². The van der Waals surface area contributed by atoms with Gasteiger partial charge < -0.3 is 4.74 Å². The maximum atomic E-state index is 11.5. The van der Waals surface area contributed by atoms with Gasteiger partial charge in [-0.15, -0.1) is 0 Å². The average molecular weight is 280 g/mol. The number of hydrazone groups is 1. The predicted octanol–water partition coefficient (Wildman–Crippen LogP) is 2.28. The molecule has 1 saturated heterocycles. The average Bonchev–Trinajstić information content (AvgIpc) is 2.68. The van der Waals surface area contributed by atoms with E-state index in [9.17, 15) is 4.79 Å². The molecule has 0 aromatic heterocycles. The highest BCUT2D eigenvalue weighted by molar-refractivity contribution is 8.23. The SMILES string of the molecule is CCOc1cccc(/C=N\N2C(=O)CSC2=S)c1. The van der Waals surface area contributed by atoms with E-state index in [0.717, 1.165) is 11.3 Å². The number of thioether (sulfide) groups is 1.